The van der Waals surface area contributed by atoms with E-state index < -0.39 is 0 Å². The molecular formula is C12H16ClN5. The maximum atomic E-state index is 5.88. The van der Waals surface area contributed by atoms with Crippen molar-refractivity contribution in [3.05, 3.63) is 35.1 Å². The summed E-state index contributed by atoms with van der Waals surface area (Å²) in [6.45, 7) is 7.00. The van der Waals surface area contributed by atoms with Crippen LogP contribution in [0.5, 0.6) is 0 Å². The lowest BCUT2D eigenvalue weighted by molar-refractivity contribution is 0.382. The van der Waals surface area contributed by atoms with Gasteiger partial charge in [0.2, 0.25) is 0 Å². The number of nitrogens with zero attached hydrogens (tertiary/aromatic N) is 4. The molecule has 6 heteroatoms. The van der Waals surface area contributed by atoms with Crippen LogP contribution in [0.1, 0.15) is 26.6 Å². The largest absolute Gasteiger partial charge is 0.305 e. The van der Waals surface area contributed by atoms with E-state index in [1.807, 2.05) is 24.3 Å². The molecule has 1 heterocycles. The van der Waals surface area contributed by atoms with E-state index >= 15 is 0 Å². The Morgan fingerprint density at radius 3 is 2.56 bits per heavy atom. The van der Waals surface area contributed by atoms with Gasteiger partial charge in [0.25, 0.3) is 0 Å². The van der Waals surface area contributed by atoms with Crippen molar-refractivity contribution in [2.75, 3.05) is 6.54 Å². The summed E-state index contributed by atoms with van der Waals surface area (Å²) < 4.78 is 1.72. The Bertz CT molecular complexity index is 518. The lowest BCUT2D eigenvalue weighted by atomic mass is 10.0. The fourth-order valence-electron chi connectivity index (χ4n) is 1.85. The third kappa shape index (κ3) is 2.52. The highest BCUT2D eigenvalue weighted by Crippen LogP contribution is 2.20. The van der Waals surface area contributed by atoms with Gasteiger partial charge < -0.3 is 5.32 Å². The van der Waals surface area contributed by atoms with Gasteiger partial charge in [0.15, 0.2) is 5.82 Å². The molecule has 96 valence electrons. The topological polar surface area (TPSA) is 55.6 Å². The maximum absolute atomic E-state index is 5.88. The molecule has 0 aliphatic heterocycles. The Balaban J connectivity index is 2.41. The van der Waals surface area contributed by atoms with Crippen LogP contribution >= 0.6 is 11.6 Å². The van der Waals surface area contributed by atoms with Gasteiger partial charge in [-0.2, -0.15) is 4.68 Å². The van der Waals surface area contributed by atoms with Gasteiger partial charge in [-0.15, -0.1) is 5.10 Å². The van der Waals surface area contributed by atoms with Crippen molar-refractivity contribution in [3.63, 3.8) is 0 Å². The SMILES string of the molecule is CCNC(C)(C)c1nnnn1-c1ccc(Cl)cc1. The predicted molar refractivity (Wildman–Crippen MR) is 70.9 cm³/mol. The second kappa shape index (κ2) is 5.04. The summed E-state index contributed by atoms with van der Waals surface area (Å²) in [7, 11) is 0. The first-order chi connectivity index (χ1) is 8.54. The minimum absolute atomic E-state index is 0.294. The summed E-state index contributed by atoms with van der Waals surface area (Å²) in [6, 6.07) is 7.43. The van der Waals surface area contributed by atoms with Crippen LogP contribution in [0.2, 0.25) is 5.02 Å². The van der Waals surface area contributed by atoms with Crippen LogP contribution in [0.3, 0.4) is 0 Å². The van der Waals surface area contributed by atoms with E-state index in [0.717, 1.165) is 18.1 Å². The molecule has 5 nitrogen and oxygen atoms in total. The lowest BCUT2D eigenvalue weighted by Gasteiger charge is -2.24. The summed E-state index contributed by atoms with van der Waals surface area (Å²) in [6.07, 6.45) is 0. The molecule has 0 bridgehead atoms. The molecule has 0 spiro atoms. The molecule has 1 aromatic carbocycles. The minimum Gasteiger partial charge on any atom is -0.305 e. The van der Waals surface area contributed by atoms with Gasteiger partial charge in [-0.25, -0.2) is 0 Å². The van der Waals surface area contributed by atoms with Crippen molar-refractivity contribution in [1.82, 2.24) is 25.5 Å². The standard InChI is InChI=1S/C12H16ClN5/c1-4-14-12(2,3)11-15-16-17-18(11)10-7-5-9(13)6-8-10/h5-8,14H,4H2,1-3H3. The predicted octanol–water partition coefficient (Wildman–Crippen LogP) is 2.16. The maximum Gasteiger partial charge on any atom is 0.176 e. The molecule has 0 atom stereocenters. The molecule has 0 saturated heterocycles. The first kappa shape index (κ1) is 13.0. The zero-order valence-electron chi connectivity index (χ0n) is 10.7. The first-order valence-corrected chi connectivity index (χ1v) is 6.22. The molecular weight excluding hydrogens is 250 g/mol. The Morgan fingerprint density at radius 2 is 1.94 bits per heavy atom. The molecule has 0 radical (unpaired) electrons. The number of aromatic nitrogens is 4. The lowest BCUT2D eigenvalue weighted by Crippen LogP contribution is -2.38. The van der Waals surface area contributed by atoms with Crippen LogP contribution in [-0.4, -0.2) is 26.8 Å². The van der Waals surface area contributed by atoms with Crippen LogP contribution < -0.4 is 5.32 Å². The smallest absolute Gasteiger partial charge is 0.176 e. The molecule has 2 aromatic rings. The van der Waals surface area contributed by atoms with E-state index in [-0.39, 0.29) is 5.54 Å². The third-order valence-corrected chi connectivity index (χ3v) is 2.97. The van der Waals surface area contributed by atoms with E-state index in [1.165, 1.54) is 0 Å². The molecule has 0 fully saturated rings. The average Bonchev–Trinajstić information content (AvgIpc) is 2.79. The molecule has 0 unspecified atom stereocenters. The van der Waals surface area contributed by atoms with E-state index in [1.54, 1.807) is 4.68 Å². The summed E-state index contributed by atoms with van der Waals surface area (Å²) in [5, 5.41) is 16.0. The molecule has 0 saturated carbocycles. The first-order valence-electron chi connectivity index (χ1n) is 5.84. The molecule has 0 aliphatic rings. The van der Waals surface area contributed by atoms with Gasteiger partial charge in [-0.1, -0.05) is 18.5 Å². The fourth-order valence-corrected chi connectivity index (χ4v) is 1.98. The number of rotatable bonds is 4. The molecule has 2 rings (SSSR count). The summed E-state index contributed by atoms with van der Waals surface area (Å²) in [5.41, 5.74) is 0.600. The minimum atomic E-state index is -0.294. The number of hydrogen-bond donors (Lipinski definition) is 1. The van der Waals surface area contributed by atoms with Crippen molar-refractivity contribution in [1.29, 1.82) is 0 Å². The Hall–Kier alpha value is -1.46. The van der Waals surface area contributed by atoms with E-state index in [2.05, 4.69) is 41.6 Å². The second-order valence-electron chi connectivity index (χ2n) is 4.55. The average molecular weight is 266 g/mol. The number of halogens is 1. The summed E-state index contributed by atoms with van der Waals surface area (Å²) in [5.74, 6) is 0.770. The van der Waals surface area contributed by atoms with Crippen LogP contribution in [0, 0.1) is 0 Å². The molecule has 1 aromatic heterocycles. The van der Waals surface area contributed by atoms with Crippen molar-refractivity contribution >= 4 is 11.6 Å². The number of benzene rings is 1. The Labute approximate surface area is 111 Å². The molecule has 1 N–H and O–H groups in total. The zero-order valence-corrected chi connectivity index (χ0v) is 11.4. The van der Waals surface area contributed by atoms with E-state index in [0.29, 0.717) is 5.02 Å². The van der Waals surface area contributed by atoms with Crippen LogP contribution in [0.4, 0.5) is 0 Å². The highest BCUT2D eigenvalue weighted by molar-refractivity contribution is 6.30. The van der Waals surface area contributed by atoms with Crippen molar-refractivity contribution in [3.8, 4) is 5.69 Å². The monoisotopic (exact) mass is 265 g/mol. The second-order valence-corrected chi connectivity index (χ2v) is 4.98. The Kier molecular flexibility index (Phi) is 3.63. The van der Waals surface area contributed by atoms with Crippen molar-refractivity contribution in [2.24, 2.45) is 0 Å². The number of tetrazole rings is 1. The van der Waals surface area contributed by atoms with Crippen LogP contribution in [0.25, 0.3) is 5.69 Å². The number of nitrogens with one attached hydrogen (secondary N) is 1. The molecule has 18 heavy (non-hydrogen) atoms. The van der Waals surface area contributed by atoms with Gasteiger partial charge in [-0.3, -0.25) is 0 Å². The van der Waals surface area contributed by atoms with Crippen molar-refractivity contribution < 1.29 is 0 Å². The van der Waals surface area contributed by atoms with Gasteiger partial charge in [0.1, 0.15) is 0 Å². The molecule has 0 aliphatic carbocycles. The van der Waals surface area contributed by atoms with Crippen LogP contribution in [-0.2, 0) is 5.54 Å². The highest BCUT2D eigenvalue weighted by Gasteiger charge is 2.26. The van der Waals surface area contributed by atoms with Gasteiger partial charge in [-0.05, 0) is 55.1 Å². The van der Waals surface area contributed by atoms with Gasteiger partial charge in [0.05, 0.1) is 11.2 Å². The van der Waals surface area contributed by atoms with Crippen molar-refractivity contribution in [2.45, 2.75) is 26.3 Å². The van der Waals surface area contributed by atoms with E-state index in [4.69, 9.17) is 11.6 Å². The number of hydrogen-bond acceptors (Lipinski definition) is 4. The quantitative estimate of drug-likeness (QED) is 0.920. The highest BCUT2D eigenvalue weighted by atomic mass is 35.5. The summed E-state index contributed by atoms with van der Waals surface area (Å²) >= 11 is 5.88. The zero-order chi connectivity index (χ0) is 13.2. The molecule has 0 amide bonds. The van der Waals surface area contributed by atoms with Crippen LogP contribution in [0.15, 0.2) is 24.3 Å². The van der Waals surface area contributed by atoms with Gasteiger partial charge >= 0.3 is 0 Å². The Morgan fingerprint density at radius 1 is 1.28 bits per heavy atom. The van der Waals surface area contributed by atoms with Gasteiger partial charge in [0, 0.05) is 5.02 Å². The third-order valence-electron chi connectivity index (χ3n) is 2.72. The normalized spacial score (nSPS) is 11.8. The van der Waals surface area contributed by atoms with E-state index in [9.17, 15) is 0 Å². The fraction of sp³-hybridized carbons (Fsp3) is 0.417. The summed E-state index contributed by atoms with van der Waals surface area (Å²) in [4.78, 5) is 0.